The lowest BCUT2D eigenvalue weighted by Crippen LogP contribution is -2.26. The first-order valence-corrected chi connectivity index (χ1v) is 8.54. The van der Waals surface area contributed by atoms with Crippen molar-refractivity contribution in [2.75, 3.05) is 11.9 Å². The molecule has 1 fully saturated rings. The second kappa shape index (κ2) is 5.98. The molecular weight excluding hydrogens is 326 g/mol. The van der Waals surface area contributed by atoms with Crippen molar-refractivity contribution in [1.29, 1.82) is 0 Å². The van der Waals surface area contributed by atoms with E-state index in [1.807, 2.05) is 31.2 Å². The summed E-state index contributed by atoms with van der Waals surface area (Å²) >= 11 is 6.46. The van der Waals surface area contributed by atoms with Crippen LogP contribution in [0.4, 0.5) is 5.82 Å². The number of H-pyrrole nitrogens is 1. The zero-order chi connectivity index (χ0) is 16.7. The second-order valence-corrected chi connectivity index (χ2v) is 6.51. The molecule has 1 saturated carbocycles. The maximum atomic E-state index is 12.8. The molecular formula is C18H18ClN3O2. The third-order valence-corrected chi connectivity index (χ3v) is 4.86. The van der Waals surface area contributed by atoms with E-state index in [2.05, 4.69) is 15.5 Å². The van der Waals surface area contributed by atoms with Gasteiger partial charge in [0.25, 0.3) is 0 Å². The Morgan fingerprint density at radius 2 is 2.12 bits per heavy atom. The van der Waals surface area contributed by atoms with Gasteiger partial charge in [0.1, 0.15) is 5.82 Å². The van der Waals surface area contributed by atoms with Crippen LogP contribution in [0, 0.1) is 5.92 Å². The van der Waals surface area contributed by atoms with Crippen LogP contribution in [0.15, 0.2) is 41.7 Å². The van der Waals surface area contributed by atoms with Crippen LogP contribution in [-0.4, -0.2) is 22.8 Å². The van der Waals surface area contributed by atoms with Gasteiger partial charge in [-0.2, -0.15) is 5.10 Å². The first-order chi connectivity index (χ1) is 11.7. The van der Waals surface area contributed by atoms with Crippen LogP contribution in [0.2, 0.25) is 5.02 Å². The number of anilines is 1. The Morgan fingerprint density at radius 1 is 1.33 bits per heavy atom. The molecule has 2 heterocycles. The zero-order valence-electron chi connectivity index (χ0n) is 13.3. The van der Waals surface area contributed by atoms with Crippen LogP contribution in [0.5, 0.6) is 0 Å². The average Bonchev–Trinajstić information content (AvgIpc) is 3.32. The molecule has 6 heteroatoms. The topological polar surface area (TPSA) is 67.0 Å². The van der Waals surface area contributed by atoms with Crippen LogP contribution in [0.1, 0.15) is 36.8 Å². The molecule has 1 unspecified atom stereocenters. The highest BCUT2D eigenvalue weighted by atomic mass is 35.5. The van der Waals surface area contributed by atoms with Crippen molar-refractivity contribution in [2.24, 2.45) is 5.92 Å². The summed E-state index contributed by atoms with van der Waals surface area (Å²) < 4.78 is 5.36. The highest BCUT2D eigenvalue weighted by Gasteiger charge is 2.41. The minimum Gasteiger partial charge on any atom is -0.463 e. The van der Waals surface area contributed by atoms with Gasteiger partial charge in [0, 0.05) is 22.2 Å². The Hall–Kier alpha value is -2.27. The van der Waals surface area contributed by atoms with E-state index in [9.17, 15) is 4.79 Å². The number of nitrogens with one attached hydrogen (secondary N) is 2. The molecule has 5 nitrogen and oxygen atoms in total. The van der Waals surface area contributed by atoms with Crippen molar-refractivity contribution >= 4 is 23.4 Å². The van der Waals surface area contributed by atoms with E-state index in [4.69, 9.17) is 16.3 Å². The molecule has 124 valence electrons. The van der Waals surface area contributed by atoms with Crippen LogP contribution < -0.4 is 5.32 Å². The Labute approximate surface area is 145 Å². The summed E-state index contributed by atoms with van der Waals surface area (Å²) in [6.07, 6.45) is 3.90. The Kier molecular flexibility index (Phi) is 3.81. The highest BCUT2D eigenvalue weighted by molar-refractivity contribution is 6.31. The molecule has 2 N–H and O–H groups in total. The number of hydrogen-bond acceptors (Lipinski definition) is 4. The van der Waals surface area contributed by atoms with Crippen LogP contribution in [0.25, 0.3) is 0 Å². The highest BCUT2D eigenvalue weighted by Crippen LogP contribution is 2.49. The molecule has 2 aromatic rings. The third kappa shape index (κ3) is 2.49. The lowest BCUT2D eigenvalue weighted by atomic mass is 9.82. The lowest BCUT2D eigenvalue weighted by Gasteiger charge is -2.29. The fourth-order valence-corrected chi connectivity index (χ4v) is 3.54. The molecule has 0 radical (unpaired) electrons. The van der Waals surface area contributed by atoms with Crippen molar-refractivity contribution in [1.82, 2.24) is 10.2 Å². The summed E-state index contributed by atoms with van der Waals surface area (Å²) in [6, 6.07) is 7.62. The summed E-state index contributed by atoms with van der Waals surface area (Å²) in [4.78, 5) is 12.8. The molecule has 1 aromatic heterocycles. The van der Waals surface area contributed by atoms with Gasteiger partial charge in [-0.3, -0.25) is 5.10 Å². The third-order valence-electron chi connectivity index (χ3n) is 4.52. The maximum Gasteiger partial charge on any atom is 0.336 e. The summed E-state index contributed by atoms with van der Waals surface area (Å²) in [5.41, 5.74) is 3.40. The largest absolute Gasteiger partial charge is 0.463 e. The molecule has 0 bridgehead atoms. The molecule has 1 atom stereocenters. The molecule has 0 spiro atoms. The number of hydrogen-bond donors (Lipinski definition) is 2. The Morgan fingerprint density at radius 3 is 2.83 bits per heavy atom. The quantitative estimate of drug-likeness (QED) is 0.827. The minimum absolute atomic E-state index is 0.275. The summed E-state index contributed by atoms with van der Waals surface area (Å²) in [6.45, 7) is 2.16. The Bertz CT molecular complexity index is 823. The predicted molar refractivity (Wildman–Crippen MR) is 91.9 cm³/mol. The van der Waals surface area contributed by atoms with E-state index >= 15 is 0 Å². The standard InChI is InChI=1S/C18H18ClN3O2/c1-2-24-18(23)15-14(11-5-3-4-6-13(11)19)12-9-20-22-17(12)21-16(15)10-7-8-10/h3-6,9-10,14H,2,7-8H2,1H3,(H2,20,21,22). The number of aromatic amines is 1. The smallest absolute Gasteiger partial charge is 0.336 e. The fraction of sp³-hybridized carbons (Fsp3) is 0.333. The van der Waals surface area contributed by atoms with Gasteiger partial charge >= 0.3 is 5.97 Å². The van der Waals surface area contributed by atoms with Gasteiger partial charge in [-0.05, 0) is 37.3 Å². The van der Waals surface area contributed by atoms with E-state index < -0.39 is 0 Å². The van der Waals surface area contributed by atoms with Gasteiger partial charge in [-0.15, -0.1) is 0 Å². The van der Waals surface area contributed by atoms with Gasteiger partial charge in [-0.1, -0.05) is 29.8 Å². The number of allylic oxidation sites excluding steroid dienone is 1. The van der Waals surface area contributed by atoms with Gasteiger partial charge < -0.3 is 10.1 Å². The van der Waals surface area contributed by atoms with Crippen LogP contribution in [0.3, 0.4) is 0 Å². The van der Waals surface area contributed by atoms with E-state index in [0.717, 1.165) is 35.5 Å². The summed E-state index contributed by atoms with van der Waals surface area (Å²) in [5, 5.41) is 11.1. The van der Waals surface area contributed by atoms with Crippen molar-refractivity contribution < 1.29 is 9.53 Å². The van der Waals surface area contributed by atoms with Crippen molar-refractivity contribution in [3.05, 3.63) is 57.9 Å². The number of ether oxygens (including phenoxy) is 1. The van der Waals surface area contributed by atoms with Crippen LogP contribution >= 0.6 is 11.6 Å². The van der Waals surface area contributed by atoms with Gasteiger partial charge in [0.15, 0.2) is 0 Å². The Balaban J connectivity index is 1.92. The van der Waals surface area contributed by atoms with E-state index in [0.29, 0.717) is 23.1 Å². The van der Waals surface area contributed by atoms with Crippen molar-refractivity contribution in [3.63, 3.8) is 0 Å². The zero-order valence-corrected chi connectivity index (χ0v) is 14.1. The number of carbonyl (C=O) groups excluding carboxylic acids is 1. The SMILES string of the molecule is CCOC(=O)C1=C(C2CC2)Nc2[nH]ncc2C1c1ccccc1Cl. The molecule has 2 aliphatic rings. The molecule has 4 rings (SSSR count). The van der Waals surface area contributed by atoms with Crippen molar-refractivity contribution in [2.45, 2.75) is 25.7 Å². The first-order valence-electron chi connectivity index (χ1n) is 8.16. The second-order valence-electron chi connectivity index (χ2n) is 6.10. The van der Waals surface area contributed by atoms with E-state index in [1.54, 1.807) is 6.20 Å². The number of esters is 1. The van der Waals surface area contributed by atoms with Gasteiger partial charge in [0.05, 0.1) is 18.4 Å². The molecule has 24 heavy (non-hydrogen) atoms. The maximum absolute atomic E-state index is 12.8. The number of rotatable bonds is 4. The summed E-state index contributed by atoms with van der Waals surface area (Å²) in [7, 11) is 0. The number of fused-ring (bicyclic) bond motifs is 1. The number of nitrogens with zero attached hydrogens (tertiary/aromatic N) is 1. The lowest BCUT2D eigenvalue weighted by molar-refractivity contribution is -0.138. The molecule has 0 amide bonds. The molecule has 1 aliphatic carbocycles. The number of benzene rings is 1. The monoisotopic (exact) mass is 343 g/mol. The van der Waals surface area contributed by atoms with E-state index in [1.165, 1.54) is 0 Å². The summed E-state index contributed by atoms with van der Waals surface area (Å²) in [5.74, 6) is 0.632. The first kappa shape index (κ1) is 15.3. The van der Waals surface area contributed by atoms with Gasteiger partial charge in [-0.25, -0.2) is 4.79 Å². The van der Waals surface area contributed by atoms with E-state index in [-0.39, 0.29) is 11.9 Å². The van der Waals surface area contributed by atoms with Crippen molar-refractivity contribution in [3.8, 4) is 0 Å². The van der Waals surface area contributed by atoms with Crippen LogP contribution in [-0.2, 0) is 9.53 Å². The number of halogens is 1. The minimum atomic E-state index is -0.288. The number of carbonyl (C=O) groups is 1. The average molecular weight is 344 g/mol. The normalized spacial score (nSPS) is 19.7. The molecule has 1 aromatic carbocycles. The predicted octanol–water partition coefficient (Wildman–Crippen LogP) is 3.85. The molecule has 0 saturated heterocycles. The van der Waals surface area contributed by atoms with Gasteiger partial charge in [0.2, 0.25) is 0 Å². The number of aromatic nitrogens is 2. The molecule has 1 aliphatic heterocycles. The fourth-order valence-electron chi connectivity index (χ4n) is 3.29.